The van der Waals surface area contributed by atoms with E-state index < -0.39 is 11.7 Å². The largest absolute Gasteiger partial charge is 0.350 e. The van der Waals surface area contributed by atoms with Gasteiger partial charge in [-0.25, -0.2) is 4.39 Å². The van der Waals surface area contributed by atoms with E-state index in [-0.39, 0.29) is 42.0 Å². The first-order valence-corrected chi connectivity index (χ1v) is 8.45. The molecule has 4 heterocycles. The molecule has 0 saturated carbocycles. The van der Waals surface area contributed by atoms with Crippen molar-refractivity contribution in [3.63, 3.8) is 0 Å². The Hall–Kier alpha value is -2.25. The Bertz CT molecular complexity index is 872. The first-order chi connectivity index (χ1) is 12.1. The van der Waals surface area contributed by atoms with Crippen LogP contribution in [0.1, 0.15) is 34.4 Å². The molecule has 1 amide bonds. The van der Waals surface area contributed by atoms with E-state index in [9.17, 15) is 14.0 Å². The molecule has 3 atom stereocenters. The lowest BCUT2D eigenvalue weighted by atomic mass is 9.79. The minimum absolute atomic E-state index is 0. The number of carbonyl (C=O) groups is 1. The van der Waals surface area contributed by atoms with Gasteiger partial charge in [-0.2, -0.15) is 0 Å². The Morgan fingerprint density at radius 2 is 2.19 bits per heavy atom. The van der Waals surface area contributed by atoms with Gasteiger partial charge in [0.2, 0.25) is 0 Å². The molecule has 8 heteroatoms. The van der Waals surface area contributed by atoms with Crippen molar-refractivity contribution in [2.45, 2.75) is 18.4 Å². The third-order valence-electron chi connectivity index (χ3n) is 5.19. The van der Waals surface area contributed by atoms with E-state index in [1.165, 1.54) is 12.3 Å². The average molecular weight is 379 g/mol. The molecule has 0 aliphatic carbocycles. The van der Waals surface area contributed by atoms with Crippen molar-refractivity contribution in [1.29, 1.82) is 0 Å². The molecule has 2 aromatic heterocycles. The van der Waals surface area contributed by atoms with Crippen LogP contribution in [0.15, 0.2) is 41.5 Å². The molecule has 2 aliphatic rings. The van der Waals surface area contributed by atoms with Crippen LogP contribution in [0.25, 0.3) is 0 Å². The number of aromatic nitrogens is 2. The third-order valence-corrected chi connectivity index (χ3v) is 5.19. The van der Waals surface area contributed by atoms with E-state index in [4.69, 9.17) is 0 Å². The van der Waals surface area contributed by atoms with Gasteiger partial charge in [0.05, 0.1) is 17.8 Å². The number of amides is 1. The highest BCUT2D eigenvalue weighted by atomic mass is 35.5. The zero-order chi connectivity index (χ0) is 17.4. The second kappa shape index (κ2) is 7.55. The van der Waals surface area contributed by atoms with Crippen molar-refractivity contribution in [2.75, 3.05) is 19.6 Å². The lowest BCUT2D eigenvalue weighted by Crippen LogP contribution is -2.50. The summed E-state index contributed by atoms with van der Waals surface area (Å²) in [6, 6.07) is 6.53. The predicted octanol–water partition coefficient (Wildman–Crippen LogP) is 1.48. The number of rotatable bonds is 3. The molecule has 0 aromatic carbocycles. The SMILES string of the molecule is Cl.O=C(NC[C@H]1[C@@H]2CNC[C@@H](C2)c2cccc(=O)n21)c1ccncc1F. The summed E-state index contributed by atoms with van der Waals surface area (Å²) in [5, 5.41) is 6.20. The number of nitrogens with one attached hydrogen (secondary N) is 2. The van der Waals surface area contributed by atoms with E-state index in [2.05, 4.69) is 15.6 Å². The van der Waals surface area contributed by atoms with Crippen LogP contribution in [0.5, 0.6) is 0 Å². The van der Waals surface area contributed by atoms with E-state index in [1.54, 1.807) is 12.1 Å². The van der Waals surface area contributed by atoms with Crippen LogP contribution in [0, 0.1) is 11.7 Å². The number of piperidine rings is 1. The van der Waals surface area contributed by atoms with Gasteiger partial charge in [-0.15, -0.1) is 12.4 Å². The van der Waals surface area contributed by atoms with Gasteiger partial charge < -0.3 is 15.2 Å². The molecule has 4 rings (SSSR count). The highest BCUT2D eigenvalue weighted by Crippen LogP contribution is 2.38. The number of pyridine rings is 2. The van der Waals surface area contributed by atoms with Crippen molar-refractivity contribution in [2.24, 2.45) is 5.92 Å². The molecular formula is C18H20ClFN4O2. The molecule has 138 valence electrons. The quantitative estimate of drug-likeness (QED) is 0.848. The molecule has 2 aromatic rings. The van der Waals surface area contributed by atoms with Crippen molar-refractivity contribution in [3.05, 3.63) is 64.1 Å². The number of hydrogen-bond donors (Lipinski definition) is 2. The third kappa shape index (κ3) is 3.24. The van der Waals surface area contributed by atoms with Crippen LogP contribution >= 0.6 is 12.4 Å². The van der Waals surface area contributed by atoms with Gasteiger partial charge in [0, 0.05) is 43.5 Å². The minimum atomic E-state index is -0.652. The molecule has 0 unspecified atom stereocenters. The molecule has 6 nitrogen and oxygen atoms in total. The van der Waals surface area contributed by atoms with Crippen LogP contribution < -0.4 is 16.2 Å². The Labute approximate surface area is 156 Å². The van der Waals surface area contributed by atoms with Gasteiger partial charge in [0.15, 0.2) is 5.82 Å². The maximum absolute atomic E-state index is 13.7. The first kappa shape index (κ1) is 18.5. The van der Waals surface area contributed by atoms with Crippen LogP contribution in [0.3, 0.4) is 0 Å². The zero-order valence-corrected chi connectivity index (χ0v) is 14.8. The number of carbonyl (C=O) groups excluding carboxylic acids is 1. The summed E-state index contributed by atoms with van der Waals surface area (Å²) in [4.78, 5) is 28.4. The maximum atomic E-state index is 13.7. The summed E-state index contributed by atoms with van der Waals surface area (Å²) >= 11 is 0. The fraction of sp³-hybridized carbons (Fsp3) is 0.389. The second-order valence-electron chi connectivity index (χ2n) is 6.64. The van der Waals surface area contributed by atoms with Gasteiger partial charge >= 0.3 is 0 Å². The van der Waals surface area contributed by atoms with E-state index in [0.717, 1.165) is 31.4 Å². The predicted molar refractivity (Wildman–Crippen MR) is 97.2 cm³/mol. The number of halogens is 2. The number of fused-ring (bicyclic) bond motifs is 4. The molecule has 2 bridgehead atoms. The Morgan fingerprint density at radius 3 is 3.00 bits per heavy atom. The molecule has 0 spiro atoms. The Balaban J connectivity index is 0.00000196. The van der Waals surface area contributed by atoms with E-state index in [0.29, 0.717) is 5.92 Å². The smallest absolute Gasteiger partial charge is 0.254 e. The van der Waals surface area contributed by atoms with Crippen molar-refractivity contribution in [3.8, 4) is 0 Å². The Kier molecular flexibility index (Phi) is 5.38. The maximum Gasteiger partial charge on any atom is 0.254 e. The van der Waals surface area contributed by atoms with E-state index in [1.807, 2.05) is 10.6 Å². The van der Waals surface area contributed by atoms with Crippen molar-refractivity contribution < 1.29 is 9.18 Å². The molecule has 2 N–H and O–H groups in total. The summed E-state index contributed by atoms with van der Waals surface area (Å²) in [5.74, 6) is -0.567. The highest BCUT2D eigenvalue weighted by molar-refractivity contribution is 5.94. The fourth-order valence-corrected chi connectivity index (χ4v) is 4.02. The van der Waals surface area contributed by atoms with Crippen LogP contribution in [-0.4, -0.2) is 35.1 Å². The Morgan fingerprint density at radius 1 is 1.35 bits per heavy atom. The van der Waals surface area contributed by atoms with Gasteiger partial charge in [-0.05, 0) is 24.5 Å². The molecular weight excluding hydrogens is 359 g/mol. The first-order valence-electron chi connectivity index (χ1n) is 8.45. The van der Waals surface area contributed by atoms with Gasteiger partial charge in [0.25, 0.3) is 11.5 Å². The standard InChI is InChI=1S/C18H19FN4O2.ClH/c19-14-9-20-5-4-13(14)18(25)22-10-16-12-6-11(7-21-8-12)15-2-1-3-17(24)23(15)16;/h1-5,9,11-12,16,21H,6-8,10H2,(H,22,25);1H/t11-,12+,16+;/m1./s1. The molecule has 1 fully saturated rings. The molecule has 0 radical (unpaired) electrons. The summed E-state index contributed by atoms with van der Waals surface area (Å²) in [7, 11) is 0. The molecule has 2 aliphatic heterocycles. The van der Waals surface area contributed by atoms with Crippen LogP contribution in [0.4, 0.5) is 4.39 Å². The summed E-state index contributed by atoms with van der Waals surface area (Å²) < 4.78 is 15.5. The molecule has 1 saturated heterocycles. The summed E-state index contributed by atoms with van der Waals surface area (Å²) in [6.07, 6.45) is 3.39. The summed E-state index contributed by atoms with van der Waals surface area (Å²) in [6.45, 7) is 1.96. The number of nitrogens with zero attached hydrogens (tertiary/aromatic N) is 2. The number of hydrogen-bond acceptors (Lipinski definition) is 4. The average Bonchev–Trinajstić information content (AvgIpc) is 2.62. The van der Waals surface area contributed by atoms with E-state index >= 15 is 0 Å². The van der Waals surface area contributed by atoms with Crippen LogP contribution in [-0.2, 0) is 0 Å². The van der Waals surface area contributed by atoms with Gasteiger partial charge in [-0.1, -0.05) is 6.07 Å². The minimum Gasteiger partial charge on any atom is -0.350 e. The van der Waals surface area contributed by atoms with Gasteiger partial charge in [-0.3, -0.25) is 14.6 Å². The monoisotopic (exact) mass is 378 g/mol. The topological polar surface area (TPSA) is 76.0 Å². The zero-order valence-electron chi connectivity index (χ0n) is 14.0. The van der Waals surface area contributed by atoms with Crippen molar-refractivity contribution >= 4 is 18.3 Å². The lowest BCUT2D eigenvalue weighted by Gasteiger charge is -2.43. The lowest BCUT2D eigenvalue weighted by molar-refractivity contribution is 0.0928. The normalized spacial score (nSPS) is 23.5. The second-order valence-corrected chi connectivity index (χ2v) is 6.64. The van der Waals surface area contributed by atoms with Crippen molar-refractivity contribution in [1.82, 2.24) is 20.2 Å². The highest BCUT2D eigenvalue weighted by Gasteiger charge is 2.37. The summed E-state index contributed by atoms with van der Waals surface area (Å²) in [5.41, 5.74) is 0.916. The van der Waals surface area contributed by atoms with Crippen LogP contribution in [0.2, 0.25) is 0 Å². The van der Waals surface area contributed by atoms with Gasteiger partial charge in [0.1, 0.15) is 0 Å². The fourth-order valence-electron chi connectivity index (χ4n) is 4.02. The molecule has 26 heavy (non-hydrogen) atoms.